The molecule has 0 bridgehead atoms. The third kappa shape index (κ3) is 5.46. The number of hydrogen-bond acceptors (Lipinski definition) is 8. The van der Waals surface area contributed by atoms with Crippen molar-refractivity contribution < 1.29 is 36.6 Å². The fraction of sp³-hybridized carbons (Fsp3) is 0.308. The number of halogens is 1. The van der Waals surface area contributed by atoms with Crippen LogP contribution in [0.3, 0.4) is 0 Å². The van der Waals surface area contributed by atoms with Crippen LogP contribution in [0.25, 0.3) is 0 Å². The molecule has 1 aromatic heterocycles. The Morgan fingerprint density at radius 2 is 1.76 bits per heavy atom. The van der Waals surface area contributed by atoms with Crippen LogP contribution >= 0.6 is 11.3 Å². The second kappa shape index (κ2) is 11.4. The minimum absolute atomic E-state index is 0.0793. The van der Waals surface area contributed by atoms with Gasteiger partial charge in [0.05, 0.1) is 37.0 Å². The molecule has 0 saturated carbocycles. The summed E-state index contributed by atoms with van der Waals surface area (Å²) in [5.41, 5.74) is 1.25. The number of benzene rings is 2. The number of amides is 1. The zero-order chi connectivity index (χ0) is 27.4. The highest BCUT2D eigenvalue weighted by Gasteiger charge is 2.31. The number of carbonyl (C=O) groups is 2. The van der Waals surface area contributed by atoms with Gasteiger partial charge in [-0.2, -0.15) is 0 Å². The summed E-state index contributed by atoms with van der Waals surface area (Å²) in [5.74, 6) is -1.26. The van der Waals surface area contributed by atoms with E-state index in [1.54, 1.807) is 6.92 Å². The van der Waals surface area contributed by atoms with Crippen LogP contribution in [0.1, 0.15) is 34.1 Å². The standard InChI is InChI=1S/C26H27FN2O7S2/c1-4-36-26(31)24-19-6-5-7-22(19)37-25(24)28-23(30)15-29(17-10-8-16(27)9-11-17)38(32,33)18-12-13-20(34-2)21(14-18)35-3/h8-14H,4-7,15H2,1-3H3,(H,28,30). The normalized spacial score (nSPS) is 12.5. The van der Waals surface area contributed by atoms with Gasteiger partial charge in [-0.25, -0.2) is 17.6 Å². The molecule has 12 heteroatoms. The van der Waals surface area contributed by atoms with Gasteiger partial charge in [0, 0.05) is 10.9 Å². The fourth-order valence-electron chi connectivity index (χ4n) is 4.23. The van der Waals surface area contributed by atoms with Gasteiger partial charge in [0.25, 0.3) is 10.0 Å². The first kappa shape index (κ1) is 27.4. The van der Waals surface area contributed by atoms with Crippen LogP contribution in [0.15, 0.2) is 47.4 Å². The number of nitrogens with zero attached hydrogens (tertiary/aromatic N) is 1. The van der Waals surface area contributed by atoms with E-state index in [-0.39, 0.29) is 22.9 Å². The maximum absolute atomic E-state index is 13.7. The number of hydrogen-bond donors (Lipinski definition) is 1. The average molecular weight is 563 g/mol. The van der Waals surface area contributed by atoms with Crippen molar-refractivity contribution in [1.82, 2.24) is 0 Å². The summed E-state index contributed by atoms with van der Waals surface area (Å²) in [6.45, 7) is 1.24. The number of nitrogens with one attached hydrogen (secondary N) is 1. The van der Waals surface area contributed by atoms with Gasteiger partial charge in [0.1, 0.15) is 17.4 Å². The molecule has 0 unspecified atom stereocenters. The number of methoxy groups -OCH3 is 2. The number of thiophene rings is 1. The minimum atomic E-state index is -4.32. The molecule has 3 aromatic rings. The van der Waals surface area contributed by atoms with Crippen LogP contribution in [0, 0.1) is 5.82 Å². The Kier molecular flexibility index (Phi) is 8.22. The van der Waals surface area contributed by atoms with E-state index in [4.69, 9.17) is 14.2 Å². The van der Waals surface area contributed by atoms with Crippen molar-refractivity contribution in [2.45, 2.75) is 31.1 Å². The quantitative estimate of drug-likeness (QED) is 0.365. The molecular formula is C26H27FN2O7S2. The van der Waals surface area contributed by atoms with E-state index >= 15 is 0 Å². The molecule has 1 amide bonds. The SMILES string of the molecule is CCOC(=O)c1c(NC(=O)CN(c2ccc(F)cc2)S(=O)(=O)c2ccc(OC)c(OC)c2)sc2c1CCC2. The minimum Gasteiger partial charge on any atom is -0.493 e. The number of anilines is 2. The lowest BCUT2D eigenvalue weighted by molar-refractivity contribution is -0.114. The summed E-state index contributed by atoms with van der Waals surface area (Å²) in [5, 5.41) is 3.03. The van der Waals surface area contributed by atoms with E-state index in [9.17, 15) is 22.4 Å². The van der Waals surface area contributed by atoms with Crippen molar-refractivity contribution in [3.63, 3.8) is 0 Å². The molecule has 0 spiro atoms. The van der Waals surface area contributed by atoms with Crippen LogP contribution < -0.4 is 19.1 Å². The van der Waals surface area contributed by atoms with E-state index < -0.39 is 34.3 Å². The highest BCUT2D eigenvalue weighted by molar-refractivity contribution is 7.92. The van der Waals surface area contributed by atoms with Gasteiger partial charge in [-0.3, -0.25) is 9.10 Å². The zero-order valence-corrected chi connectivity index (χ0v) is 22.7. The van der Waals surface area contributed by atoms with Gasteiger partial charge in [0.2, 0.25) is 5.91 Å². The molecule has 1 aliphatic carbocycles. The predicted octanol–water partition coefficient (Wildman–Crippen LogP) is 4.40. The number of carbonyl (C=O) groups excluding carboxylic acids is 2. The predicted molar refractivity (Wildman–Crippen MR) is 141 cm³/mol. The maximum atomic E-state index is 13.7. The van der Waals surface area contributed by atoms with E-state index in [0.29, 0.717) is 22.7 Å². The summed E-state index contributed by atoms with van der Waals surface area (Å²) >= 11 is 1.29. The molecule has 0 saturated heterocycles. The maximum Gasteiger partial charge on any atom is 0.341 e. The smallest absolute Gasteiger partial charge is 0.341 e. The van der Waals surface area contributed by atoms with Crippen molar-refractivity contribution in [3.05, 3.63) is 64.3 Å². The second-order valence-electron chi connectivity index (χ2n) is 8.34. The van der Waals surface area contributed by atoms with Gasteiger partial charge >= 0.3 is 5.97 Å². The number of fused-ring (bicyclic) bond motifs is 1. The first-order chi connectivity index (χ1) is 18.2. The Balaban J connectivity index is 1.68. The number of rotatable bonds is 10. The average Bonchev–Trinajstić information content (AvgIpc) is 3.48. The van der Waals surface area contributed by atoms with E-state index in [1.165, 1.54) is 55.9 Å². The molecule has 1 N–H and O–H groups in total. The zero-order valence-electron chi connectivity index (χ0n) is 21.1. The van der Waals surface area contributed by atoms with Gasteiger partial charge in [-0.05, 0) is 68.1 Å². The Bertz CT molecular complexity index is 1450. The van der Waals surface area contributed by atoms with Crippen molar-refractivity contribution in [2.75, 3.05) is 37.0 Å². The molecule has 1 aliphatic rings. The molecule has 38 heavy (non-hydrogen) atoms. The molecule has 0 atom stereocenters. The van der Waals surface area contributed by atoms with Gasteiger partial charge in [-0.1, -0.05) is 0 Å². The number of sulfonamides is 1. The molecule has 4 rings (SSSR count). The van der Waals surface area contributed by atoms with E-state index in [2.05, 4.69) is 5.32 Å². The lowest BCUT2D eigenvalue weighted by atomic mass is 10.1. The van der Waals surface area contributed by atoms with Crippen LogP contribution in [0.4, 0.5) is 15.1 Å². The van der Waals surface area contributed by atoms with Crippen LogP contribution in [-0.4, -0.2) is 47.7 Å². The Labute approximate surface area is 224 Å². The Hall–Kier alpha value is -3.64. The van der Waals surface area contributed by atoms with Crippen molar-refractivity contribution in [3.8, 4) is 11.5 Å². The van der Waals surface area contributed by atoms with Gasteiger partial charge < -0.3 is 19.5 Å². The Morgan fingerprint density at radius 3 is 2.42 bits per heavy atom. The summed E-state index contributed by atoms with van der Waals surface area (Å²) in [6.07, 6.45) is 2.40. The summed E-state index contributed by atoms with van der Waals surface area (Å²) < 4.78 is 57.6. The second-order valence-corrected chi connectivity index (χ2v) is 11.3. The monoisotopic (exact) mass is 562 g/mol. The van der Waals surface area contributed by atoms with Gasteiger partial charge in [0.15, 0.2) is 11.5 Å². The molecule has 9 nitrogen and oxygen atoms in total. The third-order valence-corrected chi connectivity index (χ3v) is 8.98. The topological polar surface area (TPSA) is 111 Å². The van der Waals surface area contributed by atoms with Crippen molar-refractivity contribution >= 4 is 43.9 Å². The lowest BCUT2D eigenvalue weighted by Crippen LogP contribution is -2.38. The van der Waals surface area contributed by atoms with Crippen LogP contribution in [0.2, 0.25) is 0 Å². The lowest BCUT2D eigenvalue weighted by Gasteiger charge is -2.24. The van der Waals surface area contributed by atoms with Crippen LogP contribution in [-0.2, 0) is 32.4 Å². The van der Waals surface area contributed by atoms with E-state index in [1.807, 2.05) is 0 Å². The first-order valence-electron chi connectivity index (χ1n) is 11.8. The molecule has 202 valence electrons. The molecule has 0 radical (unpaired) electrons. The molecule has 0 fully saturated rings. The highest BCUT2D eigenvalue weighted by Crippen LogP contribution is 2.40. The number of esters is 1. The Morgan fingerprint density at radius 1 is 1.05 bits per heavy atom. The molecular weight excluding hydrogens is 535 g/mol. The molecule has 1 heterocycles. The highest BCUT2D eigenvalue weighted by atomic mass is 32.2. The third-order valence-electron chi connectivity index (χ3n) is 6.00. The summed E-state index contributed by atoms with van der Waals surface area (Å²) in [4.78, 5) is 26.8. The number of aryl methyl sites for hydroxylation is 1. The van der Waals surface area contributed by atoms with Crippen molar-refractivity contribution in [1.29, 1.82) is 0 Å². The largest absolute Gasteiger partial charge is 0.493 e. The first-order valence-corrected chi connectivity index (χ1v) is 14.1. The van der Waals surface area contributed by atoms with Gasteiger partial charge in [-0.15, -0.1) is 11.3 Å². The summed E-state index contributed by atoms with van der Waals surface area (Å²) in [7, 11) is -1.52. The van der Waals surface area contributed by atoms with Crippen molar-refractivity contribution in [2.24, 2.45) is 0 Å². The summed E-state index contributed by atoms with van der Waals surface area (Å²) in [6, 6.07) is 8.79. The van der Waals surface area contributed by atoms with Crippen LogP contribution in [0.5, 0.6) is 11.5 Å². The number of ether oxygens (including phenoxy) is 3. The molecule has 2 aromatic carbocycles. The van der Waals surface area contributed by atoms with E-state index in [0.717, 1.165) is 39.7 Å². The fourth-order valence-corrected chi connectivity index (χ4v) is 6.97. The molecule has 0 aliphatic heterocycles.